The van der Waals surface area contributed by atoms with Crippen LogP contribution in [0.5, 0.6) is 5.75 Å². The molecular formula is C11H16N2O3. The maximum absolute atomic E-state index is 12.1. The Morgan fingerprint density at radius 2 is 2.00 bits per heavy atom. The summed E-state index contributed by atoms with van der Waals surface area (Å²) in [7, 11) is 1.69. The molecule has 0 spiro atoms. The van der Waals surface area contributed by atoms with E-state index in [0.717, 1.165) is 18.5 Å². The molecule has 1 aliphatic heterocycles. The molecule has 0 saturated heterocycles. The fourth-order valence-corrected chi connectivity index (χ4v) is 2.04. The second-order valence-corrected chi connectivity index (χ2v) is 4.34. The van der Waals surface area contributed by atoms with E-state index in [1.165, 1.54) is 9.13 Å². The smallest absolute Gasteiger partial charge is 0.331 e. The lowest BCUT2D eigenvalue weighted by Gasteiger charge is -2.21. The normalized spacial score (nSPS) is 14.8. The maximum atomic E-state index is 12.1. The Bertz CT molecular complexity index is 525. The van der Waals surface area contributed by atoms with Crippen molar-refractivity contribution in [2.45, 2.75) is 32.7 Å². The molecule has 0 atom stereocenters. The summed E-state index contributed by atoms with van der Waals surface area (Å²) in [5.41, 5.74) is 0.162. The summed E-state index contributed by atoms with van der Waals surface area (Å²) in [4.78, 5) is 24.0. The highest BCUT2D eigenvalue weighted by molar-refractivity contribution is 5.27. The van der Waals surface area contributed by atoms with E-state index in [0.29, 0.717) is 12.4 Å². The summed E-state index contributed by atoms with van der Waals surface area (Å²) in [6, 6.07) is -0.151. The topological polar surface area (TPSA) is 53.2 Å². The van der Waals surface area contributed by atoms with Crippen molar-refractivity contribution < 1.29 is 4.74 Å². The van der Waals surface area contributed by atoms with Gasteiger partial charge >= 0.3 is 5.69 Å². The third-order valence-electron chi connectivity index (χ3n) is 2.89. The lowest BCUT2D eigenvalue weighted by atomic mass is 10.2. The molecule has 88 valence electrons. The molecule has 1 aromatic rings. The lowest BCUT2D eigenvalue weighted by molar-refractivity contribution is 0.268. The molecule has 0 aliphatic carbocycles. The summed E-state index contributed by atoms with van der Waals surface area (Å²) < 4.78 is 8.15. The van der Waals surface area contributed by atoms with Gasteiger partial charge in [-0.1, -0.05) is 0 Å². The highest BCUT2D eigenvalue weighted by Crippen LogP contribution is 2.18. The number of ether oxygens (including phenoxy) is 1. The van der Waals surface area contributed by atoms with Gasteiger partial charge in [0.1, 0.15) is 0 Å². The first-order valence-corrected chi connectivity index (χ1v) is 5.51. The third-order valence-corrected chi connectivity index (χ3v) is 2.89. The van der Waals surface area contributed by atoms with Gasteiger partial charge in [-0.3, -0.25) is 13.9 Å². The van der Waals surface area contributed by atoms with Crippen molar-refractivity contribution in [3.8, 4) is 5.75 Å². The molecule has 5 heteroatoms. The second kappa shape index (κ2) is 3.81. The van der Waals surface area contributed by atoms with Crippen LogP contribution >= 0.6 is 0 Å². The highest BCUT2D eigenvalue weighted by atomic mass is 16.5. The molecule has 0 aromatic carbocycles. The van der Waals surface area contributed by atoms with E-state index in [1.807, 2.05) is 13.8 Å². The molecule has 2 heterocycles. The van der Waals surface area contributed by atoms with Crippen molar-refractivity contribution in [1.82, 2.24) is 9.13 Å². The van der Waals surface area contributed by atoms with Crippen LogP contribution in [0.3, 0.4) is 0 Å². The van der Waals surface area contributed by atoms with Crippen molar-refractivity contribution in [3.05, 3.63) is 26.5 Å². The number of fused-ring (bicyclic) bond motifs is 1. The van der Waals surface area contributed by atoms with Crippen molar-refractivity contribution in [3.63, 3.8) is 0 Å². The monoisotopic (exact) mass is 224 g/mol. The molecule has 0 amide bonds. The average Bonchev–Trinajstić information content (AvgIpc) is 2.26. The highest BCUT2D eigenvalue weighted by Gasteiger charge is 2.22. The fraction of sp³-hybridized carbons (Fsp3) is 0.636. The van der Waals surface area contributed by atoms with Crippen molar-refractivity contribution >= 4 is 0 Å². The van der Waals surface area contributed by atoms with Crippen molar-refractivity contribution in [1.29, 1.82) is 0 Å². The Kier molecular flexibility index (Phi) is 2.61. The Morgan fingerprint density at radius 1 is 1.31 bits per heavy atom. The largest absolute Gasteiger partial charge is 0.487 e. The van der Waals surface area contributed by atoms with Gasteiger partial charge in [-0.05, 0) is 26.7 Å². The molecule has 1 aliphatic rings. The molecule has 0 bridgehead atoms. The van der Waals surface area contributed by atoms with Crippen LogP contribution in [0.2, 0.25) is 0 Å². The van der Waals surface area contributed by atoms with Gasteiger partial charge in [-0.25, -0.2) is 4.79 Å². The minimum Gasteiger partial charge on any atom is -0.487 e. The summed E-state index contributed by atoms with van der Waals surface area (Å²) in [5.74, 6) is 0.349. The van der Waals surface area contributed by atoms with Crippen LogP contribution in [0.4, 0.5) is 0 Å². The van der Waals surface area contributed by atoms with Crippen LogP contribution in [0.1, 0.15) is 32.0 Å². The van der Waals surface area contributed by atoms with E-state index in [1.54, 1.807) is 7.05 Å². The van der Waals surface area contributed by atoms with E-state index in [-0.39, 0.29) is 17.3 Å². The van der Waals surface area contributed by atoms with Crippen LogP contribution in [0.25, 0.3) is 0 Å². The molecule has 0 unspecified atom stereocenters. The predicted octanol–water partition coefficient (Wildman–Crippen LogP) is 0.453. The molecule has 1 aromatic heterocycles. The first kappa shape index (κ1) is 11.0. The van der Waals surface area contributed by atoms with E-state index >= 15 is 0 Å². The van der Waals surface area contributed by atoms with Gasteiger partial charge in [0.15, 0.2) is 0 Å². The zero-order valence-electron chi connectivity index (χ0n) is 9.82. The molecule has 2 rings (SSSR count). The Hall–Kier alpha value is -1.52. The zero-order valence-corrected chi connectivity index (χ0v) is 9.82. The standard InChI is InChI=1S/C11H16N2O3/c1-7(2)13-10(14)9-8(5-4-6-16-9)12(3)11(13)15/h7H,4-6H2,1-3H3. The molecule has 16 heavy (non-hydrogen) atoms. The Morgan fingerprint density at radius 3 is 2.62 bits per heavy atom. The van der Waals surface area contributed by atoms with Gasteiger partial charge in [0, 0.05) is 13.1 Å². The minimum absolute atomic E-state index is 0.151. The lowest BCUT2D eigenvalue weighted by Crippen LogP contribution is -2.43. The molecule has 0 radical (unpaired) electrons. The Balaban J connectivity index is 2.81. The predicted molar refractivity (Wildman–Crippen MR) is 60.1 cm³/mol. The van der Waals surface area contributed by atoms with Crippen LogP contribution < -0.4 is 16.0 Å². The zero-order chi connectivity index (χ0) is 11.9. The summed E-state index contributed by atoms with van der Waals surface area (Å²) in [5, 5.41) is 0. The molecule has 5 nitrogen and oxygen atoms in total. The Labute approximate surface area is 93.3 Å². The molecule has 0 fully saturated rings. The van der Waals surface area contributed by atoms with Gasteiger partial charge in [-0.15, -0.1) is 0 Å². The van der Waals surface area contributed by atoms with Gasteiger partial charge in [0.2, 0.25) is 5.75 Å². The van der Waals surface area contributed by atoms with Crippen LogP contribution in [0, 0.1) is 0 Å². The van der Waals surface area contributed by atoms with Gasteiger partial charge in [0.05, 0.1) is 12.3 Å². The van der Waals surface area contributed by atoms with Gasteiger partial charge < -0.3 is 4.74 Å². The first-order chi connectivity index (χ1) is 7.54. The fourth-order valence-electron chi connectivity index (χ4n) is 2.04. The van der Waals surface area contributed by atoms with E-state index in [9.17, 15) is 9.59 Å². The number of nitrogens with zero attached hydrogens (tertiary/aromatic N) is 2. The molecule has 0 saturated carbocycles. The van der Waals surface area contributed by atoms with Crippen LogP contribution in [0.15, 0.2) is 9.59 Å². The van der Waals surface area contributed by atoms with Gasteiger partial charge in [-0.2, -0.15) is 0 Å². The number of hydrogen-bond acceptors (Lipinski definition) is 3. The van der Waals surface area contributed by atoms with E-state index in [4.69, 9.17) is 4.74 Å². The molecule has 0 N–H and O–H groups in total. The third kappa shape index (κ3) is 1.47. The first-order valence-electron chi connectivity index (χ1n) is 5.51. The van der Waals surface area contributed by atoms with Crippen LogP contribution in [-0.4, -0.2) is 15.7 Å². The van der Waals surface area contributed by atoms with E-state index in [2.05, 4.69) is 0 Å². The summed E-state index contributed by atoms with van der Waals surface area (Å²) in [6.45, 7) is 4.19. The molecular weight excluding hydrogens is 208 g/mol. The number of rotatable bonds is 1. The maximum Gasteiger partial charge on any atom is 0.331 e. The SMILES string of the molecule is CC(C)n1c(=O)c2c(n(C)c1=O)CCCO2. The summed E-state index contributed by atoms with van der Waals surface area (Å²) >= 11 is 0. The summed E-state index contributed by atoms with van der Waals surface area (Å²) in [6.07, 6.45) is 1.58. The number of aromatic nitrogens is 2. The minimum atomic E-state index is -0.298. The van der Waals surface area contributed by atoms with E-state index < -0.39 is 0 Å². The van der Waals surface area contributed by atoms with Gasteiger partial charge in [0.25, 0.3) is 5.56 Å². The van der Waals surface area contributed by atoms with Crippen molar-refractivity contribution in [2.75, 3.05) is 6.61 Å². The average molecular weight is 224 g/mol. The quantitative estimate of drug-likeness (QED) is 0.696. The second-order valence-electron chi connectivity index (χ2n) is 4.34. The van der Waals surface area contributed by atoms with Crippen LogP contribution in [-0.2, 0) is 13.5 Å². The number of hydrogen-bond donors (Lipinski definition) is 0. The van der Waals surface area contributed by atoms with Crippen molar-refractivity contribution in [2.24, 2.45) is 7.05 Å².